The highest BCUT2D eigenvalue weighted by atomic mass is 16.5. The Morgan fingerprint density at radius 1 is 1.18 bits per heavy atom. The van der Waals surface area contributed by atoms with Crippen LogP contribution in [0.25, 0.3) is 0 Å². The Balaban J connectivity index is 1.62. The van der Waals surface area contributed by atoms with Gasteiger partial charge >= 0.3 is 0 Å². The SMILES string of the molecule is CCC1CCCCN1c1ccc(C(=O)NCc2ccc(OC)c(OC)c2)nc1. The molecule has 3 rings (SSSR count). The van der Waals surface area contributed by atoms with Gasteiger partial charge in [-0.05, 0) is 55.5 Å². The van der Waals surface area contributed by atoms with E-state index in [1.165, 1.54) is 19.3 Å². The molecule has 6 heteroatoms. The molecule has 1 unspecified atom stereocenters. The maximum absolute atomic E-state index is 12.5. The number of benzene rings is 1. The minimum atomic E-state index is -0.188. The van der Waals surface area contributed by atoms with Crippen molar-refractivity contribution in [1.29, 1.82) is 0 Å². The second-order valence-corrected chi connectivity index (χ2v) is 7.02. The van der Waals surface area contributed by atoms with Crippen LogP contribution in [0.3, 0.4) is 0 Å². The number of amides is 1. The zero-order valence-electron chi connectivity index (χ0n) is 16.9. The predicted molar refractivity (Wildman–Crippen MR) is 110 cm³/mol. The van der Waals surface area contributed by atoms with Crippen LogP contribution in [-0.4, -0.2) is 37.7 Å². The van der Waals surface area contributed by atoms with Crippen LogP contribution in [0.5, 0.6) is 11.5 Å². The Labute approximate surface area is 166 Å². The third-order valence-corrected chi connectivity index (χ3v) is 5.31. The number of ether oxygens (including phenoxy) is 2. The zero-order chi connectivity index (χ0) is 19.9. The number of carbonyl (C=O) groups is 1. The van der Waals surface area contributed by atoms with Gasteiger partial charge in [-0.25, -0.2) is 4.98 Å². The van der Waals surface area contributed by atoms with Gasteiger partial charge in [-0.2, -0.15) is 0 Å². The first-order valence-corrected chi connectivity index (χ1v) is 9.88. The number of anilines is 1. The van der Waals surface area contributed by atoms with E-state index in [1.54, 1.807) is 20.3 Å². The van der Waals surface area contributed by atoms with Crippen molar-refractivity contribution in [2.24, 2.45) is 0 Å². The van der Waals surface area contributed by atoms with E-state index in [-0.39, 0.29) is 5.91 Å². The van der Waals surface area contributed by atoms with Gasteiger partial charge in [0.25, 0.3) is 5.91 Å². The summed E-state index contributed by atoms with van der Waals surface area (Å²) in [4.78, 5) is 19.3. The van der Waals surface area contributed by atoms with Crippen LogP contribution in [0, 0.1) is 0 Å². The zero-order valence-corrected chi connectivity index (χ0v) is 16.9. The highest BCUT2D eigenvalue weighted by Crippen LogP contribution is 2.28. The lowest BCUT2D eigenvalue weighted by atomic mass is 9.99. The van der Waals surface area contributed by atoms with E-state index in [2.05, 4.69) is 22.1 Å². The molecule has 0 bridgehead atoms. The number of aromatic nitrogens is 1. The van der Waals surface area contributed by atoms with Crippen molar-refractivity contribution in [1.82, 2.24) is 10.3 Å². The number of hydrogen-bond donors (Lipinski definition) is 1. The average molecular weight is 383 g/mol. The fourth-order valence-corrected chi connectivity index (χ4v) is 3.72. The molecule has 1 atom stereocenters. The number of nitrogens with one attached hydrogen (secondary N) is 1. The van der Waals surface area contributed by atoms with Crippen LogP contribution in [0.1, 0.15) is 48.7 Å². The smallest absolute Gasteiger partial charge is 0.270 e. The molecule has 2 aromatic rings. The Kier molecular flexibility index (Phi) is 6.74. The summed E-state index contributed by atoms with van der Waals surface area (Å²) in [6.07, 6.45) is 6.68. The number of nitrogens with zero attached hydrogens (tertiary/aromatic N) is 2. The third-order valence-electron chi connectivity index (χ3n) is 5.31. The Bertz CT molecular complexity index is 792. The largest absolute Gasteiger partial charge is 0.493 e. The number of piperidine rings is 1. The molecule has 0 saturated carbocycles. The molecule has 1 aliphatic rings. The van der Waals surface area contributed by atoms with Crippen molar-refractivity contribution in [3.8, 4) is 11.5 Å². The van der Waals surface area contributed by atoms with Gasteiger partial charge < -0.3 is 19.7 Å². The molecule has 2 heterocycles. The molecule has 150 valence electrons. The number of rotatable bonds is 7. The summed E-state index contributed by atoms with van der Waals surface area (Å²) in [7, 11) is 3.19. The summed E-state index contributed by atoms with van der Waals surface area (Å²) in [5.74, 6) is 1.12. The number of pyridine rings is 1. The molecular weight excluding hydrogens is 354 g/mol. The van der Waals surface area contributed by atoms with Gasteiger partial charge in [0.15, 0.2) is 11.5 Å². The monoisotopic (exact) mass is 383 g/mol. The van der Waals surface area contributed by atoms with Crippen LogP contribution in [-0.2, 0) is 6.54 Å². The van der Waals surface area contributed by atoms with E-state index in [1.807, 2.05) is 30.5 Å². The molecule has 28 heavy (non-hydrogen) atoms. The van der Waals surface area contributed by atoms with Crippen molar-refractivity contribution in [3.05, 3.63) is 47.8 Å². The minimum absolute atomic E-state index is 0.188. The van der Waals surface area contributed by atoms with Gasteiger partial charge in [0, 0.05) is 19.1 Å². The average Bonchev–Trinajstić information content (AvgIpc) is 2.77. The molecule has 0 aliphatic carbocycles. The van der Waals surface area contributed by atoms with Gasteiger partial charge in [-0.1, -0.05) is 13.0 Å². The number of hydrogen-bond acceptors (Lipinski definition) is 5. The maximum atomic E-state index is 12.5. The summed E-state index contributed by atoms with van der Waals surface area (Å²) in [5, 5.41) is 2.91. The van der Waals surface area contributed by atoms with Crippen LogP contribution in [0.15, 0.2) is 36.5 Å². The molecule has 1 aliphatic heterocycles. The van der Waals surface area contributed by atoms with Crippen molar-refractivity contribution < 1.29 is 14.3 Å². The number of methoxy groups -OCH3 is 2. The molecule has 0 spiro atoms. The predicted octanol–water partition coefficient (Wildman–Crippen LogP) is 3.80. The number of carbonyl (C=O) groups excluding carboxylic acids is 1. The summed E-state index contributed by atoms with van der Waals surface area (Å²) in [6, 6.07) is 9.97. The summed E-state index contributed by atoms with van der Waals surface area (Å²) < 4.78 is 10.5. The summed E-state index contributed by atoms with van der Waals surface area (Å²) in [6.45, 7) is 3.68. The molecule has 1 saturated heterocycles. The van der Waals surface area contributed by atoms with Gasteiger partial charge in [-0.3, -0.25) is 4.79 Å². The van der Waals surface area contributed by atoms with E-state index < -0.39 is 0 Å². The highest BCUT2D eigenvalue weighted by Gasteiger charge is 2.21. The molecule has 0 radical (unpaired) electrons. The van der Waals surface area contributed by atoms with E-state index >= 15 is 0 Å². The lowest BCUT2D eigenvalue weighted by molar-refractivity contribution is 0.0946. The second-order valence-electron chi connectivity index (χ2n) is 7.02. The van der Waals surface area contributed by atoms with Crippen LogP contribution < -0.4 is 19.7 Å². The van der Waals surface area contributed by atoms with E-state index in [0.29, 0.717) is 29.8 Å². The summed E-state index contributed by atoms with van der Waals surface area (Å²) >= 11 is 0. The van der Waals surface area contributed by atoms with Crippen LogP contribution in [0.4, 0.5) is 5.69 Å². The minimum Gasteiger partial charge on any atom is -0.493 e. The fourth-order valence-electron chi connectivity index (χ4n) is 3.72. The maximum Gasteiger partial charge on any atom is 0.270 e. The quantitative estimate of drug-likeness (QED) is 0.788. The van der Waals surface area contributed by atoms with Crippen molar-refractivity contribution >= 4 is 11.6 Å². The van der Waals surface area contributed by atoms with Crippen molar-refractivity contribution in [2.45, 2.75) is 45.2 Å². The van der Waals surface area contributed by atoms with E-state index in [9.17, 15) is 4.79 Å². The molecule has 6 nitrogen and oxygen atoms in total. The molecule has 1 N–H and O–H groups in total. The fraction of sp³-hybridized carbons (Fsp3) is 0.455. The lowest BCUT2D eigenvalue weighted by Crippen LogP contribution is -2.39. The molecule has 1 aromatic carbocycles. The first kappa shape index (κ1) is 20.0. The summed E-state index contributed by atoms with van der Waals surface area (Å²) in [5.41, 5.74) is 2.46. The van der Waals surface area contributed by atoms with Crippen molar-refractivity contribution in [2.75, 3.05) is 25.7 Å². The Morgan fingerprint density at radius 2 is 2.00 bits per heavy atom. The topological polar surface area (TPSA) is 63.7 Å². The van der Waals surface area contributed by atoms with Crippen LogP contribution in [0.2, 0.25) is 0 Å². The Morgan fingerprint density at radius 3 is 2.68 bits per heavy atom. The van der Waals surface area contributed by atoms with E-state index in [0.717, 1.165) is 24.2 Å². The molecule has 1 fully saturated rings. The third kappa shape index (κ3) is 4.55. The highest BCUT2D eigenvalue weighted by molar-refractivity contribution is 5.92. The normalized spacial score (nSPS) is 16.5. The van der Waals surface area contributed by atoms with Crippen molar-refractivity contribution in [3.63, 3.8) is 0 Å². The van der Waals surface area contributed by atoms with Gasteiger partial charge in [0.05, 0.1) is 26.1 Å². The molecule has 1 aromatic heterocycles. The first-order valence-electron chi connectivity index (χ1n) is 9.88. The second kappa shape index (κ2) is 9.44. The lowest BCUT2D eigenvalue weighted by Gasteiger charge is -2.37. The Hall–Kier alpha value is -2.76. The van der Waals surface area contributed by atoms with Gasteiger partial charge in [0.2, 0.25) is 0 Å². The molecular formula is C22H29N3O3. The molecule has 1 amide bonds. The van der Waals surface area contributed by atoms with Gasteiger partial charge in [0.1, 0.15) is 5.69 Å². The first-order chi connectivity index (χ1) is 13.7. The standard InChI is InChI=1S/C22H29N3O3/c1-4-17-7-5-6-12-25(17)18-9-10-19(23-15-18)22(26)24-14-16-8-11-20(27-2)21(13-16)28-3/h8-11,13,15,17H,4-7,12,14H2,1-3H3,(H,24,26). The van der Waals surface area contributed by atoms with Crippen LogP contribution >= 0.6 is 0 Å². The van der Waals surface area contributed by atoms with Gasteiger partial charge in [-0.15, -0.1) is 0 Å². The van der Waals surface area contributed by atoms with E-state index in [4.69, 9.17) is 9.47 Å².